The maximum absolute atomic E-state index is 13.1. The second-order valence-corrected chi connectivity index (χ2v) is 4.87. The number of nitrogen functional groups attached to an aromatic ring is 1. The molecule has 1 rings (SSSR count). The lowest BCUT2D eigenvalue weighted by Crippen LogP contribution is -2.26. The van der Waals surface area contributed by atoms with Crippen LogP contribution < -0.4 is 5.73 Å². The first-order valence-corrected chi connectivity index (χ1v) is 7.03. The third kappa shape index (κ3) is 5.17. The average molecular weight is 268 g/mol. The molecule has 0 radical (unpaired) electrons. The highest BCUT2D eigenvalue weighted by Gasteiger charge is 2.11. The number of aliphatic hydroxyl groups is 1. The van der Waals surface area contributed by atoms with Crippen LogP contribution in [0.1, 0.15) is 44.8 Å². The topological polar surface area (TPSA) is 49.5 Å². The molecule has 3 N–H and O–H groups in total. The Balaban J connectivity index is 2.49. The van der Waals surface area contributed by atoms with Gasteiger partial charge in [0.05, 0.1) is 11.8 Å². The van der Waals surface area contributed by atoms with E-state index in [1.807, 2.05) is 0 Å². The zero-order chi connectivity index (χ0) is 14.3. The van der Waals surface area contributed by atoms with E-state index in [4.69, 9.17) is 5.73 Å². The van der Waals surface area contributed by atoms with E-state index in [1.165, 1.54) is 25.0 Å². The van der Waals surface area contributed by atoms with Crippen molar-refractivity contribution in [3.63, 3.8) is 0 Å². The number of nitrogens with zero attached hydrogens (tertiary/aromatic N) is 1. The second kappa shape index (κ2) is 8.12. The van der Waals surface area contributed by atoms with E-state index in [0.29, 0.717) is 12.0 Å². The SMILES string of the molecule is CCCCN(CC)CCC(O)c1ccc(F)c(N)c1. The molecule has 0 bridgehead atoms. The van der Waals surface area contributed by atoms with Crippen molar-refractivity contribution >= 4 is 5.69 Å². The number of hydrogen-bond acceptors (Lipinski definition) is 3. The second-order valence-electron chi connectivity index (χ2n) is 4.87. The first-order valence-electron chi connectivity index (χ1n) is 7.03. The van der Waals surface area contributed by atoms with Gasteiger partial charge >= 0.3 is 0 Å². The van der Waals surface area contributed by atoms with Gasteiger partial charge in [0.1, 0.15) is 5.82 Å². The van der Waals surface area contributed by atoms with Crippen molar-refractivity contribution in [1.29, 1.82) is 0 Å². The van der Waals surface area contributed by atoms with Gasteiger partial charge in [0.15, 0.2) is 0 Å². The smallest absolute Gasteiger partial charge is 0.146 e. The van der Waals surface area contributed by atoms with Crippen LogP contribution in [0.4, 0.5) is 10.1 Å². The van der Waals surface area contributed by atoms with Crippen molar-refractivity contribution in [1.82, 2.24) is 4.90 Å². The predicted octanol–water partition coefficient (Wildman–Crippen LogP) is 2.95. The van der Waals surface area contributed by atoms with E-state index in [0.717, 1.165) is 19.6 Å². The molecule has 1 aromatic carbocycles. The fourth-order valence-electron chi connectivity index (χ4n) is 2.05. The van der Waals surface area contributed by atoms with Gasteiger partial charge in [-0.1, -0.05) is 26.3 Å². The number of benzene rings is 1. The highest BCUT2D eigenvalue weighted by atomic mass is 19.1. The Labute approximate surface area is 115 Å². The molecule has 0 saturated carbocycles. The summed E-state index contributed by atoms with van der Waals surface area (Å²) in [4.78, 5) is 2.32. The molecule has 0 saturated heterocycles. The Kier molecular flexibility index (Phi) is 6.81. The van der Waals surface area contributed by atoms with Crippen LogP contribution in [-0.2, 0) is 0 Å². The number of aliphatic hydroxyl groups excluding tert-OH is 1. The standard InChI is InChI=1S/C15H25FN2O/c1-3-5-9-18(4-2)10-8-15(19)12-6-7-13(16)14(17)11-12/h6-7,11,15,19H,3-5,8-10,17H2,1-2H3. The van der Waals surface area contributed by atoms with Crippen molar-refractivity contribution in [3.05, 3.63) is 29.6 Å². The first kappa shape index (κ1) is 15.9. The van der Waals surface area contributed by atoms with E-state index >= 15 is 0 Å². The molecular weight excluding hydrogens is 243 g/mol. The van der Waals surface area contributed by atoms with Crippen LogP contribution in [0.25, 0.3) is 0 Å². The Bertz CT molecular complexity index is 384. The fourth-order valence-corrected chi connectivity index (χ4v) is 2.05. The number of hydrogen-bond donors (Lipinski definition) is 2. The summed E-state index contributed by atoms with van der Waals surface area (Å²) in [6.07, 6.45) is 2.41. The lowest BCUT2D eigenvalue weighted by atomic mass is 10.1. The summed E-state index contributed by atoms with van der Waals surface area (Å²) in [5.74, 6) is -0.436. The quantitative estimate of drug-likeness (QED) is 0.713. The Hall–Kier alpha value is -1.13. The molecular formula is C15H25FN2O. The van der Waals surface area contributed by atoms with Gasteiger partial charge in [0, 0.05) is 6.54 Å². The Morgan fingerprint density at radius 1 is 1.32 bits per heavy atom. The fraction of sp³-hybridized carbons (Fsp3) is 0.600. The molecule has 19 heavy (non-hydrogen) atoms. The molecule has 0 aliphatic rings. The zero-order valence-electron chi connectivity index (χ0n) is 11.9. The summed E-state index contributed by atoms with van der Waals surface area (Å²) >= 11 is 0. The normalized spacial score (nSPS) is 12.9. The average Bonchev–Trinajstić information content (AvgIpc) is 2.41. The molecule has 0 aliphatic heterocycles. The number of anilines is 1. The van der Waals surface area contributed by atoms with Gasteiger partial charge in [-0.05, 0) is 43.6 Å². The molecule has 0 aliphatic carbocycles. The third-order valence-electron chi connectivity index (χ3n) is 3.40. The van der Waals surface area contributed by atoms with E-state index in [2.05, 4.69) is 18.7 Å². The summed E-state index contributed by atoms with van der Waals surface area (Å²) in [7, 11) is 0. The van der Waals surface area contributed by atoms with Crippen LogP contribution in [0, 0.1) is 5.82 Å². The summed E-state index contributed by atoms with van der Waals surface area (Å²) in [5, 5.41) is 10.1. The summed E-state index contributed by atoms with van der Waals surface area (Å²) < 4.78 is 13.1. The van der Waals surface area contributed by atoms with Crippen LogP contribution in [0.3, 0.4) is 0 Å². The number of unbranched alkanes of at least 4 members (excludes halogenated alkanes) is 1. The van der Waals surface area contributed by atoms with Crippen LogP contribution in [-0.4, -0.2) is 29.6 Å². The molecule has 108 valence electrons. The molecule has 1 atom stereocenters. The van der Waals surface area contributed by atoms with Crippen molar-refractivity contribution in [3.8, 4) is 0 Å². The summed E-state index contributed by atoms with van der Waals surface area (Å²) in [5.41, 5.74) is 6.29. The minimum absolute atomic E-state index is 0.0925. The number of nitrogens with two attached hydrogens (primary N) is 1. The van der Waals surface area contributed by atoms with E-state index < -0.39 is 11.9 Å². The lowest BCUT2D eigenvalue weighted by molar-refractivity contribution is 0.143. The molecule has 3 nitrogen and oxygen atoms in total. The number of halogens is 1. The molecule has 4 heteroatoms. The Morgan fingerprint density at radius 3 is 2.63 bits per heavy atom. The van der Waals surface area contributed by atoms with Gasteiger partial charge in [-0.15, -0.1) is 0 Å². The maximum Gasteiger partial charge on any atom is 0.146 e. The maximum atomic E-state index is 13.1. The zero-order valence-corrected chi connectivity index (χ0v) is 11.9. The predicted molar refractivity (Wildman–Crippen MR) is 77.4 cm³/mol. The van der Waals surface area contributed by atoms with E-state index in [9.17, 15) is 9.50 Å². The van der Waals surface area contributed by atoms with Crippen molar-refractivity contribution in [2.24, 2.45) is 0 Å². The van der Waals surface area contributed by atoms with Crippen molar-refractivity contribution in [2.75, 3.05) is 25.4 Å². The molecule has 0 fully saturated rings. The van der Waals surface area contributed by atoms with Crippen LogP contribution >= 0.6 is 0 Å². The molecule has 0 amide bonds. The summed E-state index contributed by atoms with van der Waals surface area (Å²) in [6, 6.07) is 4.42. The molecule has 0 heterocycles. The van der Waals surface area contributed by atoms with Gasteiger partial charge in [-0.25, -0.2) is 4.39 Å². The van der Waals surface area contributed by atoms with Gasteiger partial charge in [-0.3, -0.25) is 0 Å². The lowest BCUT2D eigenvalue weighted by Gasteiger charge is -2.22. The largest absolute Gasteiger partial charge is 0.396 e. The molecule has 1 aromatic rings. The highest BCUT2D eigenvalue weighted by molar-refractivity contribution is 5.43. The molecule has 0 spiro atoms. The van der Waals surface area contributed by atoms with E-state index in [-0.39, 0.29) is 5.69 Å². The minimum Gasteiger partial charge on any atom is -0.396 e. The minimum atomic E-state index is -0.585. The molecule has 0 aromatic heterocycles. The highest BCUT2D eigenvalue weighted by Crippen LogP contribution is 2.21. The molecule has 1 unspecified atom stereocenters. The number of rotatable bonds is 8. The van der Waals surface area contributed by atoms with Crippen molar-refractivity contribution < 1.29 is 9.50 Å². The Morgan fingerprint density at radius 2 is 2.05 bits per heavy atom. The first-order chi connectivity index (χ1) is 9.08. The van der Waals surface area contributed by atoms with Gasteiger partial charge in [0.25, 0.3) is 0 Å². The van der Waals surface area contributed by atoms with Crippen LogP contribution in [0.15, 0.2) is 18.2 Å². The van der Waals surface area contributed by atoms with Crippen LogP contribution in [0.5, 0.6) is 0 Å². The summed E-state index contributed by atoms with van der Waals surface area (Å²) in [6.45, 7) is 7.18. The van der Waals surface area contributed by atoms with Gasteiger partial charge in [0.2, 0.25) is 0 Å². The van der Waals surface area contributed by atoms with Gasteiger partial charge < -0.3 is 15.7 Å². The van der Waals surface area contributed by atoms with Crippen LogP contribution in [0.2, 0.25) is 0 Å². The van der Waals surface area contributed by atoms with Gasteiger partial charge in [-0.2, -0.15) is 0 Å². The third-order valence-corrected chi connectivity index (χ3v) is 3.40. The monoisotopic (exact) mass is 268 g/mol. The van der Waals surface area contributed by atoms with Crippen molar-refractivity contribution in [2.45, 2.75) is 39.2 Å². The van der Waals surface area contributed by atoms with E-state index in [1.54, 1.807) is 6.07 Å².